The predicted molar refractivity (Wildman–Crippen MR) is 120 cm³/mol. The summed E-state index contributed by atoms with van der Waals surface area (Å²) in [4.78, 5) is 15.2. The lowest BCUT2D eigenvalue weighted by atomic mass is 9.87. The summed E-state index contributed by atoms with van der Waals surface area (Å²) in [6.45, 7) is 6.77. The van der Waals surface area contributed by atoms with E-state index in [1.54, 1.807) is 11.3 Å². The first-order valence-electron chi connectivity index (χ1n) is 10.2. The van der Waals surface area contributed by atoms with Crippen LogP contribution in [0, 0.1) is 26.7 Å². The Morgan fingerprint density at radius 3 is 2.76 bits per heavy atom. The van der Waals surface area contributed by atoms with Gasteiger partial charge in [-0.25, -0.2) is 0 Å². The second-order valence-corrected chi connectivity index (χ2v) is 9.64. The zero-order chi connectivity index (χ0) is 19.8. The number of rotatable bonds is 5. The van der Waals surface area contributed by atoms with Crippen LogP contribution in [-0.2, 0) is 6.42 Å². The van der Waals surface area contributed by atoms with E-state index in [-0.39, 0.29) is 36.3 Å². The van der Waals surface area contributed by atoms with Crippen molar-refractivity contribution in [1.29, 1.82) is 0 Å². The summed E-state index contributed by atoms with van der Waals surface area (Å²) >= 11 is 1.75. The third-order valence-corrected chi connectivity index (χ3v) is 7.20. The minimum Gasteiger partial charge on any atom is -0.487 e. The Labute approximate surface area is 183 Å². The van der Waals surface area contributed by atoms with Crippen molar-refractivity contribution in [3.63, 3.8) is 0 Å². The third kappa shape index (κ3) is 4.69. The molecule has 4 rings (SSSR count). The van der Waals surface area contributed by atoms with Gasteiger partial charge >= 0.3 is 0 Å². The molecule has 6 heteroatoms. The maximum atomic E-state index is 12.8. The molecule has 2 aromatic rings. The van der Waals surface area contributed by atoms with Crippen molar-refractivity contribution < 1.29 is 14.6 Å². The SMILES string of the molecule is Cc1ccc(C)c(O[C@@H]2CC[C@@H](NCC3CCc4sc(C)cc4C3=O)[C@H]2O)c1.Cl. The topological polar surface area (TPSA) is 58.6 Å². The van der Waals surface area contributed by atoms with Gasteiger partial charge in [0.1, 0.15) is 18.0 Å². The number of ketones is 1. The van der Waals surface area contributed by atoms with Gasteiger partial charge in [0.25, 0.3) is 0 Å². The normalized spacial score (nSPS) is 26.1. The molecular weight excluding hydrogens is 406 g/mol. The van der Waals surface area contributed by atoms with Crippen LogP contribution in [0.15, 0.2) is 24.3 Å². The van der Waals surface area contributed by atoms with Crippen LogP contribution in [0.3, 0.4) is 0 Å². The molecule has 158 valence electrons. The van der Waals surface area contributed by atoms with E-state index >= 15 is 0 Å². The van der Waals surface area contributed by atoms with Gasteiger partial charge in [0, 0.05) is 33.8 Å². The van der Waals surface area contributed by atoms with Crippen LogP contribution in [0.1, 0.15) is 50.5 Å². The molecule has 2 N–H and O–H groups in total. The quantitative estimate of drug-likeness (QED) is 0.730. The van der Waals surface area contributed by atoms with Crippen molar-refractivity contribution in [2.24, 2.45) is 5.92 Å². The molecule has 0 spiro atoms. The third-order valence-electron chi connectivity index (χ3n) is 6.09. The number of nitrogens with one attached hydrogen (secondary N) is 1. The monoisotopic (exact) mass is 435 g/mol. The Kier molecular flexibility index (Phi) is 7.05. The van der Waals surface area contributed by atoms with Crippen molar-refractivity contribution in [3.05, 3.63) is 50.7 Å². The summed E-state index contributed by atoms with van der Waals surface area (Å²) < 4.78 is 6.14. The van der Waals surface area contributed by atoms with Crippen LogP contribution in [0.4, 0.5) is 0 Å². The fourth-order valence-corrected chi connectivity index (χ4v) is 5.45. The average Bonchev–Trinajstić information content (AvgIpc) is 3.21. The van der Waals surface area contributed by atoms with E-state index in [2.05, 4.69) is 24.4 Å². The van der Waals surface area contributed by atoms with E-state index in [0.29, 0.717) is 6.54 Å². The Morgan fingerprint density at radius 1 is 1.17 bits per heavy atom. The smallest absolute Gasteiger partial charge is 0.168 e. The molecule has 1 saturated carbocycles. The van der Waals surface area contributed by atoms with Crippen LogP contribution < -0.4 is 10.1 Å². The highest BCUT2D eigenvalue weighted by molar-refractivity contribution is 7.12. The number of thiophene rings is 1. The van der Waals surface area contributed by atoms with E-state index < -0.39 is 6.10 Å². The van der Waals surface area contributed by atoms with Gasteiger partial charge in [0.05, 0.1) is 0 Å². The Morgan fingerprint density at radius 2 is 1.97 bits per heavy atom. The molecule has 29 heavy (non-hydrogen) atoms. The van der Waals surface area contributed by atoms with Gasteiger partial charge in [-0.05, 0) is 69.7 Å². The molecule has 0 radical (unpaired) electrons. The molecule has 0 aliphatic heterocycles. The van der Waals surface area contributed by atoms with Crippen LogP contribution in [0.2, 0.25) is 0 Å². The largest absolute Gasteiger partial charge is 0.487 e. The fraction of sp³-hybridized carbons (Fsp3) is 0.522. The molecular formula is C23H30ClNO3S. The molecule has 0 bridgehead atoms. The standard InChI is InChI=1S/C23H29NO3S.ClH/c1-13-4-5-14(2)20(10-13)27-19-8-7-18(23(19)26)24-12-16-6-9-21-17(22(16)25)11-15(3)28-21;/h4-5,10-11,16,18-19,23-24,26H,6-9,12H2,1-3H3;1H/t16?,18-,19-,23-;/m1./s1. The molecule has 1 unspecified atom stereocenters. The molecule has 4 atom stereocenters. The lowest BCUT2D eigenvalue weighted by Crippen LogP contribution is -2.44. The lowest BCUT2D eigenvalue weighted by molar-refractivity contribution is 0.0438. The van der Waals surface area contributed by atoms with Crippen molar-refractivity contribution in [1.82, 2.24) is 5.32 Å². The van der Waals surface area contributed by atoms with E-state index in [0.717, 1.165) is 48.1 Å². The van der Waals surface area contributed by atoms with Gasteiger partial charge in [0.15, 0.2) is 5.78 Å². The number of carbonyl (C=O) groups excluding carboxylic acids is 1. The van der Waals surface area contributed by atoms with Crippen molar-refractivity contribution in [3.8, 4) is 5.75 Å². The van der Waals surface area contributed by atoms with E-state index in [4.69, 9.17) is 4.74 Å². The number of ether oxygens (including phenoxy) is 1. The molecule has 4 nitrogen and oxygen atoms in total. The number of Topliss-reactive ketones (excluding diaryl/α,β-unsaturated/α-hetero) is 1. The number of benzene rings is 1. The van der Waals surface area contributed by atoms with Crippen molar-refractivity contribution >= 4 is 29.5 Å². The van der Waals surface area contributed by atoms with Gasteiger partial charge < -0.3 is 15.2 Å². The number of hydrogen-bond donors (Lipinski definition) is 2. The number of hydrogen-bond acceptors (Lipinski definition) is 5. The number of fused-ring (bicyclic) bond motifs is 1. The van der Waals surface area contributed by atoms with Crippen LogP contribution in [0.25, 0.3) is 0 Å². The van der Waals surface area contributed by atoms with Crippen LogP contribution in [-0.4, -0.2) is 35.7 Å². The minimum absolute atomic E-state index is 0. The lowest BCUT2D eigenvalue weighted by Gasteiger charge is -2.26. The minimum atomic E-state index is -0.558. The number of aliphatic hydroxyl groups excluding tert-OH is 1. The Balaban J connectivity index is 0.00000240. The number of carbonyl (C=O) groups is 1. The second kappa shape index (κ2) is 9.17. The molecule has 1 fully saturated rings. The van der Waals surface area contributed by atoms with Crippen LogP contribution in [0.5, 0.6) is 5.75 Å². The highest BCUT2D eigenvalue weighted by atomic mass is 35.5. The molecule has 1 aromatic heterocycles. The first-order valence-corrected chi connectivity index (χ1v) is 11.0. The van der Waals surface area contributed by atoms with E-state index in [1.165, 1.54) is 9.75 Å². The molecule has 0 amide bonds. The zero-order valence-electron chi connectivity index (χ0n) is 17.2. The number of halogens is 1. The number of aryl methyl sites for hydroxylation is 4. The highest BCUT2D eigenvalue weighted by Gasteiger charge is 2.37. The molecule has 1 aromatic carbocycles. The first-order chi connectivity index (χ1) is 13.4. The number of aliphatic hydroxyl groups is 1. The van der Waals surface area contributed by atoms with Gasteiger partial charge in [-0.1, -0.05) is 12.1 Å². The van der Waals surface area contributed by atoms with Crippen molar-refractivity contribution in [2.45, 2.75) is 64.7 Å². The maximum absolute atomic E-state index is 12.8. The highest BCUT2D eigenvalue weighted by Crippen LogP contribution is 2.32. The van der Waals surface area contributed by atoms with Crippen molar-refractivity contribution in [2.75, 3.05) is 6.54 Å². The zero-order valence-corrected chi connectivity index (χ0v) is 18.9. The summed E-state index contributed by atoms with van der Waals surface area (Å²) in [5.74, 6) is 1.12. The fourth-order valence-electron chi connectivity index (χ4n) is 4.39. The summed E-state index contributed by atoms with van der Waals surface area (Å²) in [6, 6.07) is 8.17. The summed E-state index contributed by atoms with van der Waals surface area (Å²) in [7, 11) is 0. The summed E-state index contributed by atoms with van der Waals surface area (Å²) in [5.41, 5.74) is 3.16. The maximum Gasteiger partial charge on any atom is 0.168 e. The molecule has 1 heterocycles. The van der Waals surface area contributed by atoms with Gasteiger partial charge in [0.2, 0.25) is 0 Å². The molecule has 2 aliphatic carbocycles. The Bertz CT molecular complexity index is 881. The van der Waals surface area contributed by atoms with Gasteiger partial charge in [-0.15, -0.1) is 23.7 Å². The molecule has 2 aliphatic rings. The van der Waals surface area contributed by atoms with E-state index in [9.17, 15) is 9.90 Å². The second-order valence-electron chi connectivity index (χ2n) is 8.30. The summed E-state index contributed by atoms with van der Waals surface area (Å²) in [5, 5.41) is 14.2. The Hall–Kier alpha value is -1.40. The first kappa shape index (κ1) is 22.3. The molecule has 0 saturated heterocycles. The average molecular weight is 436 g/mol. The summed E-state index contributed by atoms with van der Waals surface area (Å²) in [6.07, 6.45) is 2.80. The van der Waals surface area contributed by atoms with Gasteiger partial charge in [-0.2, -0.15) is 0 Å². The van der Waals surface area contributed by atoms with Crippen LogP contribution >= 0.6 is 23.7 Å². The van der Waals surface area contributed by atoms with Gasteiger partial charge in [-0.3, -0.25) is 4.79 Å². The predicted octanol–water partition coefficient (Wildman–Crippen LogP) is 4.40. The van der Waals surface area contributed by atoms with E-state index in [1.807, 2.05) is 26.0 Å².